The Bertz CT molecular complexity index is 731. The van der Waals surface area contributed by atoms with Gasteiger partial charge in [-0.1, -0.05) is 6.92 Å². The van der Waals surface area contributed by atoms with Crippen molar-refractivity contribution in [2.45, 2.75) is 33.4 Å². The number of ether oxygens (including phenoxy) is 2. The van der Waals surface area contributed by atoms with Gasteiger partial charge < -0.3 is 14.8 Å². The molecule has 7 heteroatoms. The zero-order valence-corrected chi connectivity index (χ0v) is 16.9. The molecule has 0 unspecified atom stereocenters. The molecule has 0 saturated carbocycles. The predicted octanol–water partition coefficient (Wildman–Crippen LogP) is 3.17. The summed E-state index contributed by atoms with van der Waals surface area (Å²) in [4.78, 5) is 18.8. The molecule has 0 saturated heterocycles. The molecule has 0 aliphatic heterocycles. The van der Waals surface area contributed by atoms with Gasteiger partial charge in [0.05, 0.1) is 32.0 Å². The van der Waals surface area contributed by atoms with Crippen molar-refractivity contribution >= 4 is 17.2 Å². The summed E-state index contributed by atoms with van der Waals surface area (Å²) in [6.07, 6.45) is 0. The second kappa shape index (κ2) is 9.54. The highest BCUT2D eigenvalue weighted by Gasteiger charge is 2.15. The van der Waals surface area contributed by atoms with E-state index in [1.807, 2.05) is 44.4 Å². The average molecular weight is 378 g/mol. The Kier molecular flexibility index (Phi) is 7.41. The fraction of sp³-hybridized carbons (Fsp3) is 0.474. The van der Waals surface area contributed by atoms with Gasteiger partial charge >= 0.3 is 0 Å². The summed E-state index contributed by atoms with van der Waals surface area (Å²) in [5, 5.41) is 5.84. The number of hydrogen-bond donors (Lipinski definition) is 1. The molecule has 0 fully saturated rings. The second-order valence-corrected chi connectivity index (χ2v) is 7.09. The van der Waals surface area contributed by atoms with Crippen LogP contribution >= 0.6 is 11.3 Å². The van der Waals surface area contributed by atoms with Crippen LogP contribution in [0.1, 0.15) is 26.5 Å². The van der Waals surface area contributed by atoms with Crippen molar-refractivity contribution in [1.82, 2.24) is 15.2 Å². The molecule has 142 valence electrons. The first-order valence-corrected chi connectivity index (χ1v) is 9.53. The Balaban J connectivity index is 2.10. The highest BCUT2D eigenvalue weighted by molar-refractivity contribution is 7.13. The molecular weight excluding hydrogens is 350 g/mol. The Morgan fingerprint density at radius 2 is 2.08 bits per heavy atom. The number of carbonyl (C=O) groups is 1. The Hall–Kier alpha value is -2.12. The lowest BCUT2D eigenvalue weighted by atomic mass is 10.2. The quantitative estimate of drug-likeness (QED) is 0.727. The summed E-state index contributed by atoms with van der Waals surface area (Å²) in [5.41, 5.74) is 1.88. The molecule has 1 heterocycles. The van der Waals surface area contributed by atoms with Crippen LogP contribution in [0.5, 0.6) is 11.5 Å². The minimum Gasteiger partial charge on any atom is -0.497 e. The summed E-state index contributed by atoms with van der Waals surface area (Å²) in [6.45, 7) is 7.75. The van der Waals surface area contributed by atoms with Crippen molar-refractivity contribution in [1.29, 1.82) is 0 Å². The lowest BCUT2D eigenvalue weighted by Crippen LogP contribution is -2.39. The van der Waals surface area contributed by atoms with Gasteiger partial charge in [0, 0.05) is 24.0 Å². The molecular formula is C19H27N3O3S. The van der Waals surface area contributed by atoms with Gasteiger partial charge in [-0.25, -0.2) is 4.98 Å². The number of nitrogens with one attached hydrogen (secondary N) is 1. The van der Waals surface area contributed by atoms with E-state index in [2.05, 4.69) is 10.2 Å². The molecule has 2 aromatic rings. The van der Waals surface area contributed by atoms with E-state index in [-0.39, 0.29) is 11.9 Å². The highest BCUT2D eigenvalue weighted by atomic mass is 32.1. The maximum atomic E-state index is 12.0. The first-order valence-electron chi connectivity index (χ1n) is 8.65. The molecule has 6 nitrogen and oxygen atoms in total. The SMILES string of the molecule is CCN(CC(=O)NC(C)C)Cc1csc(-c2ccc(OC)cc2OC)n1. The number of amides is 1. The fourth-order valence-electron chi connectivity index (χ4n) is 2.56. The van der Waals surface area contributed by atoms with Gasteiger partial charge in [-0.15, -0.1) is 11.3 Å². The van der Waals surface area contributed by atoms with Crippen molar-refractivity contribution in [2.75, 3.05) is 27.3 Å². The fourth-order valence-corrected chi connectivity index (χ4v) is 3.40. The lowest BCUT2D eigenvalue weighted by Gasteiger charge is -2.19. The maximum absolute atomic E-state index is 12.0. The van der Waals surface area contributed by atoms with Crippen LogP contribution in [0.25, 0.3) is 10.6 Å². The third-order valence-electron chi connectivity index (χ3n) is 3.84. The van der Waals surface area contributed by atoms with Crippen LogP contribution in [0, 0.1) is 0 Å². The average Bonchev–Trinajstić information content (AvgIpc) is 3.08. The van der Waals surface area contributed by atoms with Crippen LogP contribution in [0.2, 0.25) is 0 Å². The number of rotatable bonds is 9. The first-order chi connectivity index (χ1) is 12.5. The summed E-state index contributed by atoms with van der Waals surface area (Å²) >= 11 is 1.57. The zero-order valence-electron chi connectivity index (χ0n) is 16.0. The molecule has 1 aromatic carbocycles. The van der Waals surface area contributed by atoms with Gasteiger partial charge in [0.2, 0.25) is 5.91 Å². The van der Waals surface area contributed by atoms with E-state index in [0.717, 1.165) is 34.3 Å². The van der Waals surface area contributed by atoms with E-state index < -0.39 is 0 Å². The molecule has 1 N–H and O–H groups in total. The van der Waals surface area contributed by atoms with Gasteiger partial charge in [0.1, 0.15) is 16.5 Å². The van der Waals surface area contributed by atoms with Crippen LogP contribution < -0.4 is 14.8 Å². The van der Waals surface area contributed by atoms with E-state index in [9.17, 15) is 4.79 Å². The number of aromatic nitrogens is 1. The van der Waals surface area contributed by atoms with Gasteiger partial charge in [-0.2, -0.15) is 0 Å². The van der Waals surface area contributed by atoms with Crippen LogP contribution in [-0.4, -0.2) is 49.1 Å². The third-order valence-corrected chi connectivity index (χ3v) is 4.76. The monoisotopic (exact) mass is 377 g/mol. The molecule has 2 rings (SSSR count). The van der Waals surface area contributed by atoms with Gasteiger partial charge in [0.25, 0.3) is 0 Å². The molecule has 1 amide bonds. The zero-order chi connectivity index (χ0) is 19.1. The van der Waals surface area contributed by atoms with Crippen molar-refractivity contribution in [3.8, 4) is 22.1 Å². The number of benzene rings is 1. The number of methoxy groups -OCH3 is 2. The molecule has 0 aliphatic rings. The minimum atomic E-state index is 0.0362. The van der Waals surface area contributed by atoms with Gasteiger partial charge in [-0.05, 0) is 32.5 Å². The molecule has 0 bridgehead atoms. The van der Waals surface area contributed by atoms with E-state index >= 15 is 0 Å². The first kappa shape index (κ1) is 20.2. The Morgan fingerprint density at radius 1 is 1.31 bits per heavy atom. The van der Waals surface area contributed by atoms with Crippen LogP contribution in [0.3, 0.4) is 0 Å². The number of carbonyl (C=O) groups excluding carboxylic acids is 1. The largest absolute Gasteiger partial charge is 0.497 e. The van der Waals surface area contributed by atoms with Crippen LogP contribution in [0.4, 0.5) is 0 Å². The predicted molar refractivity (Wildman–Crippen MR) is 105 cm³/mol. The summed E-state index contributed by atoms with van der Waals surface area (Å²) in [6, 6.07) is 5.85. The molecule has 0 atom stereocenters. The van der Waals surface area contributed by atoms with Gasteiger partial charge in [0.15, 0.2) is 0 Å². The number of hydrogen-bond acceptors (Lipinski definition) is 6. The van der Waals surface area contributed by atoms with E-state index in [1.54, 1.807) is 25.6 Å². The van der Waals surface area contributed by atoms with Crippen molar-refractivity contribution in [2.24, 2.45) is 0 Å². The molecule has 0 spiro atoms. The Morgan fingerprint density at radius 3 is 2.69 bits per heavy atom. The normalized spacial score (nSPS) is 11.0. The van der Waals surface area contributed by atoms with Gasteiger partial charge in [-0.3, -0.25) is 9.69 Å². The smallest absolute Gasteiger partial charge is 0.234 e. The van der Waals surface area contributed by atoms with E-state index in [4.69, 9.17) is 14.5 Å². The number of likely N-dealkylation sites (N-methyl/N-ethyl adjacent to an activating group) is 1. The molecule has 1 aromatic heterocycles. The summed E-state index contributed by atoms with van der Waals surface area (Å²) < 4.78 is 10.7. The lowest BCUT2D eigenvalue weighted by molar-refractivity contribution is -0.122. The van der Waals surface area contributed by atoms with Crippen molar-refractivity contribution in [3.63, 3.8) is 0 Å². The maximum Gasteiger partial charge on any atom is 0.234 e. The molecule has 0 aliphatic carbocycles. The standard InChI is InChI=1S/C19H27N3O3S/c1-6-22(11-18(23)20-13(2)3)10-14-12-26-19(21-14)16-8-7-15(24-4)9-17(16)25-5/h7-9,12-13H,6,10-11H2,1-5H3,(H,20,23). The topological polar surface area (TPSA) is 63.7 Å². The third kappa shape index (κ3) is 5.44. The number of thiazole rings is 1. The van der Waals surface area contributed by atoms with E-state index in [1.165, 1.54) is 0 Å². The Labute approximate surface area is 159 Å². The minimum absolute atomic E-state index is 0.0362. The van der Waals surface area contributed by atoms with E-state index in [0.29, 0.717) is 13.1 Å². The number of nitrogens with zero attached hydrogens (tertiary/aromatic N) is 2. The highest BCUT2D eigenvalue weighted by Crippen LogP contribution is 2.35. The summed E-state index contributed by atoms with van der Waals surface area (Å²) in [7, 11) is 3.27. The molecule has 0 radical (unpaired) electrons. The van der Waals surface area contributed by atoms with Crippen LogP contribution in [0.15, 0.2) is 23.6 Å². The van der Waals surface area contributed by atoms with Crippen LogP contribution in [-0.2, 0) is 11.3 Å². The van der Waals surface area contributed by atoms with Crippen molar-refractivity contribution < 1.29 is 14.3 Å². The summed E-state index contributed by atoms with van der Waals surface area (Å²) in [5.74, 6) is 1.51. The second-order valence-electron chi connectivity index (χ2n) is 6.24. The molecule has 26 heavy (non-hydrogen) atoms. The van der Waals surface area contributed by atoms with Crippen molar-refractivity contribution in [3.05, 3.63) is 29.3 Å².